The molecule has 2 N–H and O–H groups in total. The van der Waals surface area contributed by atoms with Gasteiger partial charge in [0.1, 0.15) is 5.82 Å². The minimum absolute atomic E-state index is 0. The lowest BCUT2D eigenvalue weighted by Gasteiger charge is -2.20. The van der Waals surface area contributed by atoms with Crippen molar-refractivity contribution >= 4 is 29.9 Å². The first kappa shape index (κ1) is 17.2. The molecule has 1 aromatic carbocycles. The summed E-state index contributed by atoms with van der Waals surface area (Å²) in [6, 6.07) is 6.66. The highest BCUT2D eigenvalue weighted by molar-refractivity contribution is 14.0. The van der Waals surface area contributed by atoms with Gasteiger partial charge in [-0.05, 0) is 19.4 Å². The first-order valence-corrected chi connectivity index (χ1v) is 6.65. The maximum atomic E-state index is 13.5. The molecule has 4 nitrogen and oxygen atoms in total. The highest BCUT2D eigenvalue weighted by Crippen LogP contribution is 2.11. The fourth-order valence-electron chi connectivity index (χ4n) is 2.15. The highest BCUT2D eigenvalue weighted by Gasteiger charge is 2.22. The molecule has 0 radical (unpaired) electrons. The van der Waals surface area contributed by atoms with Gasteiger partial charge in [0.15, 0.2) is 5.96 Å². The number of β-amino-alcohol motifs (C(OH)–C–C–N with tert-alkyl or cyclic N) is 1. The Morgan fingerprint density at radius 3 is 2.85 bits per heavy atom. The molecule has 20 heavy (non-hydrogen) atoms. The predicted molar refractivity (Wildman–Crippen MR) is 88.8 cm³/mol. The van der Waals surface area contributed by atoms with Gasteiger partial charge >= 0.3 is 0 Å². The second-order valence-electron chi connectivity index (χ2n) is 4.65. The standard InChI is InChI=1S/C14H20FN3O.HI/c1-2-16-14(18-8-7-12(19)10-18)17-9-11-5-3-4-6-13(11)15;/h3-6,12,19H,2,7-10H2,1H3,(H,16,17);1H/t12-;/m1./s1. The summed E-state index contributed by atoms with van der Waals surface area (Å²) in [6.07, 6.45) is 0.460. The molecule has 0 unspecified atom stereocenters. The lowest BCUT2D eigenvalue weighted by Crippen LogP contribution is -2.40. The van der Waals surface area contributed by atoms with Crippen LogP contribution in [0.2, 0.25) is 0 Å². The molecule has 1 aromatic rings. The fraction of sp³-hybridized carbons (Fsp3) is 0.500. The molecule has 1 atom stereocenters. The summed E-state index contributed by atoms with van der Waals surface area (Å²) in [5, 5.41) is 12.7. The van der Waals surface area contributed by atoms with E-state index in [2.05, 4.69) is 10.3 Å². The van der Waals surface area contributed by atoms with Gasteiger partial charge in [-0.2, -0.15) is 0 Å². The summed E-state index contributed by atoms with van der Waals surface area (Å²) < 4.78 is 13.5. The first-order chi connectivity index (χ1) is 9.20. The maximum absolute atomic E-state index is 13.5. The number of nitrogens with one attached hydrogen (secondary N) is 1. The van der Waals surface area contributed by atoms with Crippen molar-refractivity contribution in [2.75, 3.05) is 19.6 Å². The molecule has 2 rings (SSSR count). The quantitative estimate of drug-likeness (QED) is 0.469. The van der Waals surface area contributed by atoms with E-state index in [0.717, 1.165) is 25.5 Å². The monoisotopic (exact) mass is 393 g/mol. The van der Waals surface area contributed by atoms with Gasteiger partial charge in [0.05, 0.1) is 12.6 Å². The van der Waals surface area contributed by atoms with E-state index in [1.165, 1.54) is 6.07 Å². The summed E-state index contributed by atoms with van der Waals surface area (Å²) in [5.41, 5.74) is 0.581. The van der Waals surface area contributed by atoms with E-state index in [1.54, 1.807) is 18.2 Å². The van der Waals surface area contributed by atoms with Crippen LogP contribution >= 0.6 is 24.0 Å². The molecule has 112 valence electrons. The number of guanidine groups is 1. The smallest absolute Gasteiger partial charge is 0.194 e. The number of hydrogen-bond donors (Lipinski definition) is 2. The Morgan fingerprint density at radius 2 is 2.25 bits per heavy atom. The zero-order valence-electron chi connectivity index (χ0n) is 11.6. The fourth-order valence-corrected chi connectivity index (χ4v) is 2.15. The maximum Gasteiger partial charge on any atom is 0.194 e. The molecular formula is C14H21FIN3O. The molecule has 0 amide bonds. The number of rotatable bonds is 3. The molecule has 0 aliphatic carbocycles. The number of benzene rings is 1. The third-order valence-electron chi connectivity index (χ3n) is 3.15. The van der Waals surface area contributed by atoms with Gasteiger partial charge in [0.2, 0.25) is 0 Å². The number of hydrogen-bond acceptors (Lipinski definition) is 2. The lowest BCUT2D eigenvalue weighted by atomic mass is 10.2. The topological polar surface area (TPSA) is 47.9 Å². The van der Waals surface area contributed by atoms with Gasteiger partial charge in [-0.1, -0.05) is 18.2 Å². The SMILES string of the molecule is CCNC(=NCc1ccccc1F)N1CC[C@@H](O)C1.I. The molecule has 1 saturated heterocycles. The van der Waals surface area contributed by atoms with Crippen molar-refractivity contribution < 1.29 is 9.50 Å². The van der Waals surface area contributed by atoms with Crippen LogP contribution in [0.4, 0.5) is 4.39 Å². The second-order valence-corrected chi connectivity index (χ2v) is 4.65. The molecule has 0 saturated carbocycles. The van der Waals surface area contributed by atoms with E-state index >= 15 is 0 Å². The lowest BCUT2D eigenvalue weighted by molar-refractivity contribution is 0.188. The first-order valence-electron chi connectivity index (χ1n) is 6.65. The molecular weight excluding hydrogens is 372 g/mol. The Hall–Kier alpha value is -0.890. The van der Waals surface area contributed by atoms with Crippen LogP contribution in [-0.4, -0.2) is 41.7 Å². The summed E-state index contributed by atoms with van der Waals surface area (Å²) >= 11 is 0. The molecule has 1 fully saturated rings. The van der Waals surface area contributed by atoms with Crippen LogP contribution < -0.4 is 5.32 Å². The average molecular weight is 393 g/mol. The normalized spacial score (nSPS) is 18.9. The van der Waals surface area contributed by atoms with Crippen molar-refractivity contribution in [1.29, 1.82) is 0 Å². The predicted octanol–water partition coefficient (Wildman–Crippen LogP) is 1.98. The van der Waals surface area contributed by atoms with E-state index in [4.69, 9.17) is 0 Å². The van der Waals surface area contributed by atoms with Crippen molar-refractivity contribution in [2.45, 2.75) is 26.0 Å². The van der Waals surface area contributed by atoms with Crippen LogP contribution in [0.15, 0.2) is 29.3 Å². The van der Waals surface area contributed by atoms with E-state index in [9.17, 15) is 9.50 Å². The Balaban J connectivity index is 0.00000200. The third kappa shape index (κ3) is 4.59. The Morgan fingerprint density at radius 1 is 1.50 bits per heavy atom. The van der Waals surface area contributed by atoms with Crippen molar-refractivity contribution in [2.24, 2.45) is 4.99 Å². The number of halogens is 2. The molecule has 0 bridgehead atoms. The van der Waals surface area contributed by atoms with E-state index in [-0.39, 0.29) is 35.9 Å². The second kappa shape index (κ2) is 8.41. The van der Waals surface area contributed by atoms with Gasteiger partial charge in [-0.15, -0.1) is 24.0 Å². The van der Waals surface area contributed by atoms with Crippen LogP contribution in [0.5, 0.6) is 0 Å². The Labute approximate surface area is 136 Å². The minimum atomic E-state index is -0.294. The van der Waals surface area contributed by atoms with Crippen LogP contribution in [0, 0.1) is 5.82 Å². The number of aliphatic imine (C=N–C) groups is 1. The zero-order chi connectivity index (χ0) is 13.7. The number of aliphatic hydroxyl groups is 1. The molecule has 6 heteroatoms. The van der Waals surface area contributed by atoms with Crippen molar-refractivity contribution in [3.8, 4) is 0 Å². The van der Waals surface area contributed by atoms with Crippen molar-refractivity contribution in [3.63, 3.8) is 0 Å². The van der Waals surface area contributed by atoms with Crippen LogP contribution in [0.3, 0.4) is 0 Å². The molecule has 0 spiro atoms. The van der Waals surface area contributed by atoms with E-state index in [0.29, 0.717) is 18.7 Å². The summed E-state index contributed by atoms with van der Waals surface area (Å²) in [7, 11) is 0. The van der Waals surface area contributed by atoms with E-state index < -0.39 is 0 Å². The zero-order valence-corrected chi connectivity index (χ0v) is 13.9. The van der Waals surface area contributed by atoms with Crippen LogP contribution in [-0.2, 0) is 6.54 Å². The van der Waals surface area contributed by atoms with Gasteiger partial charge < -0.3 is 15.3 Å². The minimum Gasteiger partial charge on any atom is -0.391 e. The van der Waals surface area contributed by atoms with Gasteiger partial charge in [-0.25, -0.2) is 9.38 Å². The van der Waals surface area contributed by atoms with Crippen molar-refractivity contribution in [1.82, 2.24) is 10.2 Å². The molecule has 0 aromatic heterocycles. The molecule has 1 heterocycles. The Bertz CT molecular complexity index is 456. The summed E-state index contributed by atoms with van der Waals surface area (Å²) in [4.78, 5) is 6.45. The summed E-state index contributed by atoms with van der Waals surface area (Å²) in [5.74, 6) is 0.505. The number of nitrogens with zero attached hydrogens (tertiary/aromatic N) is 2. The molecule has 1 aliphatic rings. The number of likely N-dealkylation sites (tertiary alicyclic amines) is 1. The van der Waals surface area contributed by atoms with Gasteiger partial charge in [-0.3, -0.25) is 0 Å². The van der Waals surface area contributed by atoms with Gasteiger partial charge in [0, 0.05) is 25.2 Å². The van der Waals surface area contributed by atoms with Crippen LogP contribution in [0.25, 0.3) is 0 Å². The summed E-state index contributed by atoms with van der Waals surface area (Å²) in [6.45, 7) is 4.42. The van der Waals surface area contributed by atoms with E-state index in [1.807, 2.05) is 11.8 Å². The van der Waals surface area contributed by atoms with Crippen LogP contribution in [0.1, 0.15) is 18.9 Å². The number of aliphatic hydroxyl groups excluding tert-OH is 1. The van der Waals surface area contributed by atoms with Gasteiger partial charge in [0.25, 0.3) is 0 Å². The highest BCUT2D eigenvalue weighted by atomic mass is 127. The third-order valence-corrected chi connectivity index (χ3v) is 3.15. The molecule has 1 aliphatic heterocycles. The Kier molecular flexibility index (Phi) is 7.22. The largest absolute Gasteiger partial charge is 0.391 e. The average Bonchev–Trinajstić information content (AvgIpc) is 2.83. The van der Waals surface area contributed by atoms with Crippen molar-refractivity contribution in [3.05, 3.63) is 35.6 Å².